The van der Waals surface area contributed by atoms with Crippen molar-refractivity contribution in [1.82, 2.24) is 9.97 Å². The molecule has 0 saturated heterocycles. The maximum absolute atomic E-state index is 12.5. The van der Waals surface area contributed by atoms with E-state index in [9.17, 15) is 9.59 Å². The summed E-state index contributed by atoms with van der Waals surface area (Å²) in [7, 11) is 0. The highest BCUT2D eigenvalue weighted by molar-refractivity contribution is 6.03. The number of hydrogen-bond donors (Lipinski definition) is 2. The zero-order valence-corrected chi connectivity index (χ0v) is 15.0. The summed E-state index contributed by atoms with van der Waals surface area (Å²) >= 11 is 0. The predicted molar refractivity (Wildman–Crippen MR) is 99.0 cm³/mol. The van der Waals surface area contributed by atoms with Gasteiger partial charge in [-0.1, -0.05) is 0 Å². The minimum atomic E-state index is -0.300. The van der Waals surface area contributed by atoms with Crippen molar-refractivity contribution in [2.75, 3.05) is 28.6 Å². The molecule has 1 aromatic heterocycles. The number of amides is 2. The first-order valence-electron chi connectivity index (χ1n) is 8.22. The Labute approximate surface area is 147 Å². The van der Waals surface area contributed by atoms with Crippen molar-refractivity contribution < 1.29 is 9.59 Å². The highest BCUT2D eigenvalue weighted by Gasteiger charge is 2.13. The molecule has 2 aromatic rings. The Balaban J connectivity index is 2.16. The molecule has 0 spiro atoms. The van der Waals surface area contributed by atoms with Crippen LogP contribution < -0.4 is 15.5 Å². The maximum Gasteiger partial charge on any atom is 0.274 e. The van der Waals surface area contributed by atoms with Crippen LogP contribution in [-0.4, -0.2) is 34.9 Å². The second-order valence-corrected chi connectivity index (χ2v) is 5.54. The van der Waals surface area contributed by atoms with Crippen LogP contribution in [0, 0.1) is 6.92 Å². The SMILES string of the molecule is CCN(CC)c1cc(C(=O)Nc2ccc(NC(C)=O)cc2)nc(C)n1. The molecule has 0 aliphatic carbocycles. The first-order valence-corrected chi connectivity index (χ1v) is 8.22. The number of aryl methyl sites for hydroxylation is 1. The molecular weight excluding hydrogens is 318 g/mol. The summed E-state index contributed by atoms with van der Waals surface area (Å²) in [6.45, 7) is 8.90. The van der Waals surface area contributed by atoms with Gasteiger partial charge < -0.3 is 15.5 Å². The van der Waals surface area contributed by atoms with Crippen LogP contribution in [0.2, 0.25) is 0 Å². The Morgan fingerprint density at radius 2 is 1.56 bits per heavy atom. The van der Waals surface area contributed by atoms with Gasteiger partial charge in [-0.3, -0.25) is 9.59 Å². The van der Waals surface area contributed by atoms with Gasteiger partial charge in [0.15, 0.2) is 0 Å². The molecule has 0 atom stereocenters. The minimum Gasteiger partial charge on any atom is -0.357 e. The van der Waals surface area contributed by atoms with Crippen LogP contribution in [0.15, 0.2) is 30.3 Å². The Morgan fingerprint density at radius 1 is 1.00 bits per heavy atom. The second kappa shape index (κ2) is 8.23. The Morgan fingerprint density at radius 3 is 2.08 bits per heavy atom. The predicted octanol–water partition coefficient (Wildman–Crippen LogP) is 2.84. The molecule has 0 radical (unpaired) electrons. The topological polar surface area (TPSA) is 87.2 Å². The minimum absolute atomic E-state index is 0.142. The third kappa shape index (κ3) is 5.00. The van der Waals surface area contributed by atoms with E-state index >= 15 is 0 Å². The lowest BCUT2D eigenvalue weighted by Gasteiger charge is -2.20. The average Bonchev–Trinajstić information content (AvgIpc) is 2.57. The van der Waals surface area contributed by atoms with E-state index in [2.05, 4.69) is 25.5 Å². The summed E-state index contributed by atoms with van der Waals surface area (Å²) in [5, 5.41) is 5.49. The van der Waals surface area contributed by atoms with Gasteiger partial charge in [0.05, 0.1) is 0 Å². The van der Waals surface area contributed by atoms with E-state index in [4.69, 9.17) is 0 Å². The van der Waals surface area contributed by atoms with Crippen LogP contribution in [0.25, 0.3) is 0 Å². The summed E-state index contributed by atoms with van der Waals surface area (Å²) in [5.41, 5.74) is 1.62. The van der Waals surface area contributed by atoms with E-state index in [1.807, 2.05) is 13.8 Å². The largest absolute Gasteiger partial charge is 0.357 e. The highest BCUT2D eigenvalue weighted by atomic mass is 16.2. The van der Waals surface area contributed by atoms with E-state index < -0.39 is 0 Å². The van der Waals surface area contributed by atoms with Crippen molar-refractivity contribution in [1.29, 1.82) is 0 Å². The molecule has 2 N–H and O–H groups in total. The first-order chi connectivity index (χ1) is 11.9. The number of carbonyl (C=O) groups excluding carboxylic acids is 2. The molecule has 2 amide bonds. The van der Waals surface area contributed by atoms with Crippen LogP contribution >= 0.6 is 0 Å². The zero-order valence-electron chi connectivity index (χ0n) is 15.0. The fraction of sp³-hybridized carbons (Fsp3) is 0.333. The van der Waals surface area contributed by atoms with E-state index in [1.54, 1.807) is 37.3 Å². The van der Waals surface area contributed by atoms with Crippen molar-refractivity contribution in [3.8, 4) is 0 Å². The molecule has 0 aliphatic rings. The lowest BCUT2D eigenvalue weighted by atomic mass is 10.2. The smallest absolute Gasteiger partial charge is 0.274 e. The fourth-order valence-electron chi connectivity index (χ4n) is 2.41. The van der Waals surface area contributed by atoms with Crippen molar-refractivity contribution in [3.63, 3.8) is 0 Å². The number of anilines is 3. The van der Waals surface area contributed by atoms with E-state index in [1.165, 1.54) is 6.92 Å². The molecule has 7 nitrogen and oxygen atoms in total. The van der Waals surface area contributed by atoms with Crippen LogP contribution in [0.4, 0.5) is 17.2 Å². The van der Waals surface area contributed by atoms with Crippen molar-refractivity contribution in [3.05, 3.63) is 41.9 Å². The highest BCUT2D eigenvalue weighted by Crippen LogP contribution is 2.16. The second-order valence-electron chi connectivity index (χ2n) is 5.54. The molecule has 132 valence electrons. The zero-order chi connectivity index (χ0) is 18.4. The van der Waals surface area contributed by atoms with Gasteiger partial charge in [-0.15, -0.1) is 0 Å². The molecular formula is C18H23N5O2. The van der Waals surface area contributed by atoms with Crippen LogP contribution in [-0.2, 0) is 4.79 Å². The maximum atomic E-state index is 12.5. The molecule has 0 bridgehead atoms. The molecule has 7 heteroatoms. The van der Waals surface area contributed by atoms with Crippen molar-refractivity contribution >= 4 is 29.0 Å². The van der Waals surface area contributed by atoms with Crippen molar-refractivity contribution in [2.45, 2.75) is 27.7 Å². The van der Waals surface area contributed by atoms with E-state index in [-0.39, 0.29) is 11.8 Å². The van der Waals surface area contributed by atoms with Crippen LogP contribution in [0.3, 0.4) is 0 Å². The quantitative estimate of drug-likeness (QED) is 0.843. The summed E-state index contributed by atoms with van der Waals surface area (Å²) in [5.74, 6) is 0.850. The monoisotopic (exact) mass is 341 g/mol. The number of benzene rings is 1. The third-order valence-electron chi connectivity index (χ3n) is 3.61. The van der Waals surface area contributed by atoms with E-state index in [0.717, 1.165) is 18.9 Å². The number of nitrogens with zero attached hydrogens (tertiary/aromatic N) is 3. The van der Waals surface area contributed by atoms with Gasteiger partial charge >= 0.3 is 0 Å². The van der Waals surface area contributed by atoms with Crippen molar-refractivity contribution in [2.24, 2.45) is 0 Å². The van der Waals surface area contributed by atoms with Gasteiger partial charge in [0.2, 0.25) is 5.91 Å². The lowest BCUT2D eigenvalue weighted by Crippen LogP contribution is -2.24. The molecule has 0 unspecified atom stereocenters. The Hall–Kier alpha value is -2.96. The van der Waals surface area contributed by atoms with Gasteiger partial charge in [-0.2, -0.15) is 0 Å². The number of rotatable bonds is 6. The standard InChI is InChI=1S/C18H23N5O2/c1-5-23(6-2)17-11-16(19-12(3)20-17)18(25)22-15-9-7-14(8-10-15)21-13(4)24/h7-11H,5-6H2,1-4H3,(H,21,24)(H,22,25). The van der Waals surface area contributed by atoms with Gasteiger partial charge in [0.1, 0.15) is 17.3 Å². The number of nitrogens with one attached hydrogen (secondary N) is 2. The molecule has 0 saturated carbocycles. The molecule has 1 heterocycles. The lowest BCUT2D eigenvalue weighted by molar-refractivity contribution is -0.114. The van der Waals surface area contributed by atoms with Crippen LogP contribution in [0.5, 0.6) is 0 Å². The third-order valence-corrected chi connectivity index (χ3v) is 3.61. The normalized spacial score (nSPS) is 10.2. The fourth-order valence-corrected chi connectivity index (χ4v) is 2.41. The summed E-state index contributed by atoms with van der Waals surface area (Å²) in [6, 6.07) is 8.60. The summed E-state index contributed by atoms with van der Waals surface area (Å²) in [4.78, 5) is 34.2. The van der Waals surface area contributed by atoms with Gasteiger partial charge in [-0.25, -0.2) is 9.97 Å². The molecule has 0 aliphatic heterocycles. The summed E-state index contributed by atoms with van der Waals surface area (Å²) in [6.07, 6.45) is 0. The van der Waals surface area contributed by atoms with E-state index in [0.29, 0.717) is 22.9 Å². The molecule has 25 heavy (non-hydrogen) atoms. The molecule has 2 rings (SSSR count). The van der Waals surface area contributed by atoms with Gasteiger partial charge in [0.25, 0.3) is 5.91 Å². The summed E-state index contributed by atoms with van der Waals surface area (Å²) < 4.78 is 0. The Kier molecular flexibility index (Phi) is 6.05. The Bertz CT molecular complexity index is 755. The van der Waals surface area contributed by atoms with Gasteiger partial charge in [0, 0.05) is 37.5 Å². The number of carbonyl (C=O) groups is 2. The van der Waals surface area contributed by atoms with Crippen LogP contribution in [0.1, 0.15) is 37.1 Å². The van der Waals surface area contributed by atoms with Gasteiger partial charge in [-0.05, 0) is 45.0 Å². The molecule has 0 fully saturated rings. The number of hydrogen-bond acceptors (Lipinski definition) is 5. The average molecular weight is 341 g/mol. The molecule has 1 aromatic carbocycles. The number of aromatic nitrogens is 2. The first kappa shape index (κ1) is 18.4.